The number of methoxy groups -OCH3 is 1. The summed E-state index contributed by atoms with van der Waals surface area (Å²) in [7, 11) is 1.34. The van der Waals surface area contributed by atoms with Gasteiger partial charge in [0.05, 0.1) is 36.8 Å². The molecule has 0 saturated carbocycles. The number of benzene rings is 1. The molecule has 3 N–H and O–H groups in total. The second kappa shape index (κ2) is 6.86. The zero-order valence-corrected chi connectivity index (χ0v) is 11.0. The molecular weight excluding hydrogens is 232 g/mol. The van der Waals surface area contributed by atoms with Gasteiger partial charge in [0.15, 0.2) is 0 Å². The van der Waals surface area contributed by atoms with E-state index in [2.05, 4.69) is 10.1 Å². The molecule has 0 spiro atoms. The summed E-state index contributed by atoms with van der Waals surface area (Å²) in [6.45, 7) is 5.24. The predicted molar refractivity (Wildman–Crippen MR) is 71.8 cm³/mol. The number of ether oxygens (including phenoxy) is 2. The van der Waals surface area contributed by atoms with Gasteiger partial charge in [0.1, 0.15) is 0 Å². The molecule has 0 aliphatic rings. The molecule has 5 heteroatoms. The number of hydrogen-bond acceptors (Lipinski definition) is 5. The molecule has 0 aromatic heterocycles. The fourth-order valence-corrected chi connectivity index (χ4v) is 1.45. The van der Waals surface area contributed by atoms with Gasteiger partial charge in [0, 0.05) is 6.54 Å². The summed E-state index contributed by atoms with van der Waals surface area (Å²) in [6.07, 6.45) is 0.214. The summed E-state index contributed by atoms with van der Waals surface area (Å²) in [5.74, 6) is -0.392. The molecule has 5 nitrogen and oxygen atoms in total. The van der Waals surface area contributed by atoms with Crippen LogP contribution in [0.15, 0.2) is 18.2 Å². The van der Waals surface area contributed by atoms with Crippen LogP contribution in [0.3, 0.4) is 0 Å². The summed E-state index contributed by atoms with van der Waals surface area (Å²) in [4.78, 5) is 11.3. The summed E-state index contributed by atoms with van der Waals surface area (Å²) in [5.41, 5.74) is 7.59. The Morgan fingerprint density at radius 2 is 2.17 bits per heavy atom. The number of anilines is 2. The Morgan fingerprint density at radius 3 is 2.72 bits per heavy atom. The van der Waals surface area contributed by atoms with Crippen LogP contribution < -0.4 is 11.1 Å². The monoisotopic (exact) mass is 252 g/mol. The van der Waals surface area contributed by atoms with E-state index < -0.39 is 5.97 Å². The van der Waals surface area contributed by atoms with Crippen molar-refractivity contribution < 1.29 is 14.3 Å². The molecule has 0 aliphatic carbocycles. The third-order valence-corrected chi connectivity index (χ3v) is 2.34. The normalized spacial score (nSPS) is 10.4. The summed E-state index contributed by atoms with van der Waals surface area (Å²) in [5, 5.41) is 3.15. The van der Waals surface area contributed by atoms with Crippen LogP contribution in [0.1, 0.15) is 24.2 Å². The van der Waals surface area contributed by atoms with Crippen molar-refractivity contribution in [1.82, 2.24) is 0 Å². The Kier molecular flexibility index (Phi) is 5.45. The molecule has 1 aromatic carbocycles. The Bertz CT molecular complexity index is 405. The SMILES string of the molecule is COC(=O)c1ccc(NCCOC(C)C)c(N)c1. The molecule has 0 atom stereocenters. The van der Waals surface area contributed by atoms with Gasteiger partial charge in [-0.15, -0.1) is 0 Å². The van der Waals surface area contributed by atoms with Gasteiger partial charge in [-0.1, -0.05) is 0 Å². The van der Waals surface area contributed by atoms with Crippen LogP contribution in [0.4, 0.5) is 11.4 Å². The number of hydrogen-bond donors (Lipinski definition) is 2. The number of carbonyl (C=O) groups excluding carboxylic acids is 1. The Hall–Kier alpha value is -1.75. The molecule has 0 amide bonds. The highest BCUT2D eigenvalue weighted by molar-refractivity contribution is 5.91. The number of carbonyl (C=O) groups is 1. The van der Waals surface area contributed by atoms with E-state index in [1.807, 2.05) is 13.8 Å². The predicted octanol–water partition coefficient (Wildman–Crippen LogP) is 1.89. The highest BCUT2D eigenvalue weighted by atomic mass is 16.5. The summed E-state index contributed by atoms with van der Waals surface area (Å²) in [6, 6.07) is 5.03. The maximum atomic E-state index is 11.3. The second-order valence-corrected chi connectivity index (χ2v) is 4.14. The van der Waals surface area contributed by atoms with Crippen LogP contribution in [-0.2, 0) is 9.47 Å². The number of nitrogens with two attached hydrogens (primary N) is 1. The molecule has 0 heterocycles. The molecule has 1 rings (SSSR count). The smallest absolute Gasteiger partial charge is 0.337 e. The van der Waals surface area contributed by atoms with E-state index >= 15 is 0 Å². The average molecular weight is 252 g/mol. The van der Waals surface area contributed by atoms with Crippen LogP contribution in [0.25, 0.3) is 0 Å². The largest absolute Gasteiger partial charge is 0.465 e. The Labute approximate surface area is 107 Å². The molecule has 1 aromatic rings. The maximum absolute atomic E-state index is 11.3. The minimum Gasteiger partial charge on any atom is -0.465 e. The highest BCUT2D eigenvalue weighted by Crippen LogP contribution is 2.20. The molecule has 0 unspecified atom stereocenters. The topological polar surface area (TPSA) is 73.6 Å². The number of esters is 1. The lowest BCUT2D eigenvalue weighted by molar-refractivity contribution is 0.0600. The lowest BCUT2D eigenvalue weighted by atomic mass is 10.1. The van der Waals surface area contributed by atoms with E-state index in [9.17, 15) is 4.79 Å². The van der Waals surface area contributed by atoms with Crippen molar-refractivity contribution in [2.75, 3.05) is 31.3 Å². The van der Waals surface area contributed by atoms with Crippen LogP contribution in [0, 0.1) is 0 Å². The molecule has 18 heavy (non-hydrogen) atoms. The van der Waals surface area contributed by atoms with Gasteiger partial charge in [0.25, 0.3) is 0 Å². The van der Waals surface area contributed by atoms with Gasteiger partial charge in [-0.05, 0) is 32.0 Å². The van der Waals surface area contributed by atoms with Crippen LogP contribution in [-0.4, -0.2) is 32.3 Å². The van der Waals surface area contributed by atoms with Gasteiger partial charge in [-0.3, -0.25) is 0 Å². The molecule has 0 saturated heterocycles. The van der Waals surface area contributed by atoms with Gasteiger partial charge in [-0.2, -0.15) is 0 Å². The van der Waals surface area contributed by atoms with E-state index in [0.29, 0.717) is 24.4 Å². The zero-order valence-electron chi connectivity index (χ0n) is 11.0. The zero-order chi connectivity index (χ0) is 13.5. The first kappa shape index (κ1) is 14.3. The standard InChI is InChI=1S/C13H20N2O3/c1-9(2)18-7-6-15-12-5-4-10(8-11(12)14)13(16)17-3/h4-5,8-9,15H,6-7,14H2,1-3H3. The minimum atomic E-state index is -0.392. The van der Waals surface area contributed by atoms with Crippen LogP contribution in [0.2, 0.25) is 0 Å². The lowest BCUT2D eigenvalue weighted by Gasteiger charge is -2.12. The quantitative estimate of drug-likeness (QED) is 0.459. The molecule has 100 valence electrons. The molecule has 0 fully saturated rings. The van der Waals surface area contributed by atoms with Crippen molar-refractivity contribution in [3.8, 4) is 0 Å². The van der Waals surface area contributed by atoms with E-state index in [4.69, 9.17) is 10.5 Å². The molecule has 0 bridgehead atoms. The first-order valence-corrected chi connectivity index (χ1v) is 5.88. The highest BCUT2D eigenvalue weighted by Gasteiger charge is 2.07. The molecule has 0 aliphatic heterocycles. The van der Waals surface area contributed by atoms with E-state index in [0.717, 1.165) is 5.69 Å². The number of nitrogen functional groups attached to an aromatic ring is 1. The van der Waals surface area contributed by atoms with E-state index in [-0.39, 0.29) is 6.10 Å². The first-order valence-electron chi connectivity index (χ1n) is 5.88. The van der Waals surface area contributed by atoms with Crippen molar-refractivity contribution in [1.29, 1.82) is 0 Å². The van der Waals surface area contributed by atoms with Gasteiger partial charge >= 0.3 is 5.97 Å². The third kappa shape index (κ3) is 4.25. The van der Waals surface area contributed by atoms with Gasteiger partial charge in [0.2, 0.25) is 0 Å². The van der Waals surface area contributed by atoms with Crippen LogP contribution >= 0.6 is 0 Å². The van der Waals surface area contributed by atoms with Crippen molar-refractivity contribution in [3.05, 3.63) is 23.8 Å². The number of nitrogens with one attached hydrogen (secondary N) is 1. The maximum Gasteiger partial charge on any atom is 0.337 e. The Morgan fingerprint density at radius 1 is 1.44 bits per heavy atom. The van der Waals surface area contributed by atoms with Crippen molar-refractivity contribution >= 4 is 17.3 Å². The molecule has 0 radical (unpaired) electrons. The summed E-state index contributed by atoms with van der Waals surface area (Å²) < 4.78 is 10.0. The molecular formula is C13H20N2O3. The second-order valence-electron chi connectivity index (χ2n) is 4.14. The van der Waals surface area contributed by atoms with Gasteiger partial charge < -0.3 is 20.5 Å². The number of rotatable bonds is 6. The van der Waals surface area contributed by atoms with Gasteiger partial charge in [-0.25, -0.2) is 4.79 Å². The van der Waals surface area contributed by atoms with Crippen molar-refractivity contribution in [3.63, 3.8) is 0 Å². The van der Waals surface area contributed by atoms with E-state index in [1.165, 1.54) is 7.11 Å². The van der Waals surface area contributed by atoms with Crippen molar-refractivity contribution in [2.24, 2.45) is 0 Å². The first-order chi connectivity index (χ1) is 8.54. The minimum absolute atomic E-state index is 0.214. The Balaban J connectivity index is 2.55. The lowest BCUT2D eigenvalue weighted by Crippen LogP contribution is -2.14. The van der Waals surface area contributed by atoms with Crippen LogP contribution in [0.5, 0.6) is 0 Å². The third-order valence-electron chi connectivity index (χ3n) is 2.34. The van der Waals surface area contributed by atoms with Crippen molar-refractivity contribution in [2.45, 2.75) is 20.0 Å². The summed E-state index contributed by atoms with van der Waals surface area (Å²) >= 11 is 0. The average Bonchev–Trinajstić information content (AvgIpc) is 2.34. The fraction of sp³-hybridized carbons (Fsp3) is 0.462. The fourth-order valence-electron chi connectivity index (χ4n) is 1.45. The van der Waals surface area contributed by atoms with E-state index in [1.54, 1.807) is 18.2 Å².